The smallest absolute Gasteiger partial charge is 0.133 e. The first-order valence-corrected chi connectivity index (χ1v) is 6.24. The largest absolute Gasteiger partial charge is 0.340 e. The average Bonchev–Trinajstić information content (AvgIpc) is 2.39. The van der Waals surface area contributed by atoms with Gasteiger partial charge in [-0.25, -0.2) is 4.98 Å². The van der Waals surface area contributed by atoms with Crippen molar-refractivity contribution >= 4 is 11.5 Å². The third kappa shape index (κ3) is 2.58. The third-order valence-electron chi connectivity index (χ3n) is 3.36. The molecule has 3 nitrogen and oxygen atoms in total. The van der Waals surface area contributed by atoms with E-state index in [0.29, 0.717) is 5.56 Å². The van der Waals surface area contributed by atoms with Gasteiger partial charge in [-0.1, -0.05) is 17.7 Å². The van der Waals surface area contributed by atoms with Crippen LogP contribution in [0.25, 0.3) is 0 Å². The maximum atomic E-state index is 9.12. The Hall–Kier alpha value is -2.34. The summed E-state index contributed by atoms with van der Waals surface area (Å²) in [5.74, 6) is 0.817. The molecule has 0 bridgehead atoms. The van der Waals surface area contributed by atoms with E-state index in [9.17, 15) is 0 Å². The van der Waals surface area contributed by atoms with Gasteiger partial charge >= 0.3 is 0 Å². The van der Waals surface area contributed by atoms with Crippen molar-refractivity contribution in [3.05, 3.63) is 52.2 Å². The summed E-state index contributed by atoms with van der Waals surface area (Å²) in [7, 11) is 0. The predicted molar refractivity (Wildman–Crippen MR) is 77.6 cm³/mol. The van der Waals surface area contributed by atoms with Crippen LogP contribution in [0, 0.1) is 39.0 Å². The highest BCUT2D eigenvalue weighted by Crippen LogP contribution is 2.24. The highest BCUT2D eigenvalue weighted by atomic mass is 15.0. The number of nitrogens with one attached hydrogen (secondary N) is 1. The van der Waals surface area contributed by atoms with E-state index in [2.05, 4.69) is 35.4 Å². The van der Waals surface area contributed by atoms with Crippen LogP contribution in [0.3, 0.4) is 0 Å². The molecule has 1 aromatic carbocycles. The van der Waals surface area contributed by atoms with Crippen LogP contribution in [-0.2, 0) is 0 Å². The topological polar surface area (TPSA) is 48.7 Å². The lowest BCUT2D eigenvalue weighted by atomic mass is 10.0. The van der Waals surface area contributed by atoms with Gasteiger partial charge in [0.05, 0.1) is 11.3 Å². The van der Waals surface area contributed by atoms with Crippen LogP contribution < -0.4 is 5.32 Å². The fraction of sp³-hybridized carbons (Fsp3) is 0.250. The second-order valence-corrected chi connectivity index (χ2v) is 4.77. The van der Waals surface area contributed by atoms with Gasteiger partial charge in [0.2, 0.25) is 0 Å². The van der Waals surface area contributed by atoms with Crippen molar-refractivity contribution < 1.29 is 0 Å². The van der Waals surface area contributed by atoms with Crippen LogP contribution >= 0.6 is 0 Å². The minimum absolute atomic E-state index is 0.673. The zero-order chi connectivity index (χ0) is 14.0. The SMILES string of the molecule is Cc1ccc(Nc2nc(C)c(C#N)c(C)c2C)cc1. The Morgan fingerprint density at radius 1 is 1.00 bits per heavy atom. The van der Waals surface area contributed by atoms with Gasteiger partial charge in [0, 0.05) is 5.69 Å². The van der Waals surface area contributed by atoms with Crippen LogP contribution in [0.2, 0.25) is 0 Å². The number of rotatable bonds is 2. The Balaban J connectivity index is 2.42. The summed E-state index contributed by atoms with van der Waals surface area (Å²) in [6.45, 7) is 7.87. The molecule has 2 aromatic rings. The number of aryl methyl sites for hydroxylation is 2. The second-order valence-electron chi connectivity index (χ2n) is 4.77. The lowest BCUT2D eigenvalue weighted by molar-refractivity contribution is 1.12. The number of hydrogen-bond acceptors (Lipinski definition) is 3. The summed E-state index contributed by atoms with van der Waals surface area (Å²) >= 11 is 0. The fourth-order valence-corrected chi connectivity index (χ4v) is 2.00. The average molecular weight is 251 g/mol. The van der Waals surface area contributed by atoms with Gasteiger partial charge in [0.1, 0.15) is 11.9 Å². The molecule has 2 rings (SSSR count). The van der Waals surface area contributed by atoms with Gasteiger partial charge in [-0.3, -0.25) is 0 Å². The number of nitriles is 1. The number of nitrogens with zero attached hydrogens (tertiary/aromatic N) is 2. The summed E-state index contributed by atoms with van der Waals surface area (Å²) in [6.07, 6.45) is 0. The van der Waals surface area contributed by atoms with Crippen LogP contribution in [0.4, 0.5) is 11.5 Å². The van der Waals surface area contributed by atoms with Crippen LogP contribution in [0.5, 0.6) is 0 Å². The number of anilines is 2. The number of aromatic nitrogens is 1. The van der Waals surface area contributed by atoms with Crippen molar-refractivity contribution in [3.8, 4) is 6.07 Å². The van der Waals surface area contributed by atoms with Crippen molar-refractivity contribution in [2.75, 3.05) is 5.32 Å². The maximum absolute atomic E-state index is 9.12. The van der Waals surface area contributed by atoms with Gasteiger partial charge < -0.3 is 5.32 Å². The van der Waals surface area contributed by atoms with Crippen molar-refractivity contribution in [1.82, 2.24) is 4.98 Å². The molecule has 1 heterocycles. The lowest BCUT2D eigenvalue weighted by Gasteiger charge is -2.13. The van der Waals surface area contributed by atoms with E-state index >= 15 is 0 Å². The monoisotopic (exact) mass is 251 g/mol. The molecular weight excluding hydrogens is 234 g/mol. The summed E-state index contributed by atoms with van der Waals surface area (Å²) in [4.78, 5) is 4.49. The standard InChI is InChI=1S/C16H17N3/c1-10-5-7-14(8-6-10)19-16-12(3)11(2)15(9-17)13(4)18-16/h5-8H,1-4H3,(H,18,19). The van der Waals surface area contributed by atoms with E-state index in [4.69, 9.17) is 5.26 Å². The molecule has 0 aliphatic heterocycles. The van der Waals surface area contributed by atoms with Crippen LogP contribution in [-0.4, -0.2) is 4.98 Å². The molecule has 1 aromatic heterocycles. The molecule has 0 spiro atoms. The Kier molecular flexibility index (Phi) is 3.52. The summed E-state index contributed by atoms with van der Waals surface area (Å²) in [5.41, 5.74) is 5.67. The van der Waals surface area contributed by atoms with Crippen LogP contribution in [0.15, 0.2) is 24.3 Å². The maximum Gasteiger partial charge on any atom is 0.133 e. The minimum Gasteiger partial charge on any atom is -0.340 e. The van der Waals surface area contributed by atoms with E-state index in [1.807, 2.05) is 32.9 Å². The summed E-state index contributed by atoms with van der Waals surface area (Å²) in [6, 6.07) is 10.4. The molecular formula is C16H17N3. The predicted octanol–water partition coefficient (Wildman–Crippen LogP) is 3.93. The first kappa shape index (κ1) is 13.1. The molecule has 0 fully saturated rings. The van der Waals surface area contributed by atoms with Crippen molar-refractivity contribution in [1.29, 1.82) is 5.26 Å². The van der Waals surface area contributed by atoms with E-state index < -0.39 is 0 Å². The molecule has 3 heteroatoms. The third-order valence-corrected chi connectivity index (χ3v) is 3.36. The van der Waals surface area contributed by atoms with E-state index in [1.54, 1.807) is 0 Å². The highest BCUT2D eigenvalue weighted by Gasteiger charge is 2.11. The van der Waals surface area contributed by atoms with E-state index in [-0.39, 0.29) is 0 Å². The molecule has 0 aliphatic carbocycles. The molecule has 96 valence electrons. The van der Waals surface area contributed by atoms with E-state index in [0.717, 1.165) is 28.3 Å². The van der Waals surface area contributed by atoms with Gasteiger partial charge in [0.25, 0.3) is 0 Å². The molecule has 0 saturated carbocycles. The molecule has 0 unspecified atom stereocenters. The fourth-order valence-electron chi connectivity index (χ4n) is 2.00. The van der Waals surface area contributed by atoms with E-state index in [1.165, 1.54) is 5.56 Å². The normalized spacial score (nSPS) is 10.1. The molecule has 0 aliphatic rings. The first-order valence-electron chi connectivity index (χ1n) is 6.24. The van der Waals surface area contributed by atoms with Crippen molar-refractivity contribution in [3.63, 3.8) is 0 Å². The number of benzene rings is 1. The Morgan fingerprint density at radius 2 is 1.63 bits per heavy atom. The Bertz CT molecular complexity index is 649. The lowest BCUT2D eigenvalue weighted by Crippen LogP contribution is -2.03. The number of pyridine rings is 1. The molecule has 0 radical (unpaired) electrons. The quantitative estimate of drug-likeness (QED) is 0.879. The Labute approximate surface area is 113 Å². The molecule has 19 heavy (non-hydrogen) atoms. The van der Waals surface area contributed by atoms with Gasteiger partial charge in [-0.2, -0.15) is 5.26 Å². The van der Waals surface area contributed by atoms with Crippen LogP contribution in [0.1, 0.15) is 27.9 Å². The summed E-state index contributed by atoms with van der Waals surface area (Å²) < 4.78 is 0. The zero-order valence-electron chi connectivity index (χ0n) is 11.7. The summed E-state index contributed by atoms with van der Waals surface area (Å²) in [5, 5.41) is 12.4. The zero-order valence-corrected chi connectivity index (χ0v) is 11.7. The van der Waals surface area contributed by atoms with Gasteiger partial charge in [-0.05, 0) is 51.0 Å². The Morgan fingerprint density at radius 3 is 2.21 bits per heavy atom. The van der Waals surface area contributed by atoms with Crippen molar-refractivity contribution in [2.24, 2.45) is 0 Å². The highest BCUT2D eigenvalue weighted by molar-refractivity contribution is 5.63. The molecule has 0 saturated heterocycles. The number of hydrogen-bond donors (Lipinski definition) is 1. The first-order chi connectivity index (χ1) is 9.02. The molecule has 0 amide bonds. The van der Waals surface area contributed by atoms with Gasteiger partial charge in [0.15, 0.2) is 0 Å². The molecule has 0 atom stereocenters. The van der Waals surface area contributed by atoms with Crippen molar-refractivity contribution in [2.45, 2.75) is 27.7 Å². The van der Waals surface area contributed by atoms with Gasteiger partial charge in [-0.15, -0.1) is 0 Å². The second kappa shape index (κ2) is 5.11. The minimum atomic E-state index is 0.673. The molecule has 1 N–H and O–H groups in total.